The minimum Gasteiger partial charge on any atom is -0.356 e. The highest BCUT2D eigenvalue weighted by molar-refractivity contribution is 6.30. The lowest BCUT2D eigenvalue weighted by Crippen LogP contribution is -2.41. The molecule has 0 aromatic heterocycles. The van der Waals surface area contributed by atoms with Gasteiger partial charge in [0.25, 0.3) is 0 Å². The monoisotopic (exact) mass is 377 g/mol. The van der Waals surface area contributed by atoms with Crippen molar-refractivity contribution in [3.05, 3.63) is 34.9 Å². The van der Waals surface area contributed by atoms with Gasteiger partial charge < -0.3 is 10.2 Å². The molecule has 1 aromatic rings. The van der Waals surface area contributed by atoms with E-state index in [1.54, 1.807) is 0 Å². The van der Waals surface area contributed by atoms with Gasteiger partial charge in [-0.1, -0.05) is 30.2 Å². The fraction of sp³-hybridized carbons (Fsp3) is 0.667. The Morgan fingerprint density at radius 1 is 1.00 bits per heavy atom. The van der Waals surface area contributed by atoms with Gasteiger partial charge in [0.2, 0.25) is 5.91 Å². The predicted molar refractivity (Wildman–Crippen MR) is 107 cm³/mol. The first-order valence-corrected chi connectivity index (χ1v) is 10.6. The Kier molecular flexibility index (Phi) is 7.78. The second-order valence-corrected chi connectivity index (χ2v) is 8.16. The van der Waals surface area contributed by atoms with E-state index in [0.717, 1.165) is 57.0 Å². The van der Waals surface area contributed by atoms with Crippen molar-refractivity contribution in [3.8, 4) is 0 Å². The standard InChI is InChI=1S/C21H32ClN3O/c22-20-7-5-18(6-8-20)17-25-15-9-19(10-16-25)21(26)23-11-4-14-24-12-2-1-3-13-24/h5-8,19H,1-4,9-17H2,(H,23,26). The predicted octanol–water partition coefficient (Wildman–Crippen LogP) is 3.54. The fourth-order valence-corrected chi connectivity index (χ4v) is 4.17. The van der Waals surface area contributed by atoms with E-state index in [1.807, 2.05) is 12.1 Å². The Hall–Kier alpha value is -1.10. The van der Waals surface area contributed by atoms with Crippen LogP contribution in [0.5, 0.6) is 0 Å². The first-order chi connectivity index (χ1) is 12.7. The average molecular weight is 378 g/mol. The molecule has 2 saturated heterocycles. The highest BCUT2D eigenvalue weighted by atomic mass is 35.5. The van der Waals surface area contributed by atoms with E-state index in [2.05, 4.69) is 27.2 Å². The van der Waals surface area contributed by atoms with Gasteiger partial charge in [0.1, 0.15) is 0 Å². The van der Waals surface area contributed by atoms with Crippen LogP contribution < -0.4 is 5.32 Å². The molecule has 0 unspecified atom stereocenters. The molecule has 2 heterocycles. The van der Waals surface area contributed by atoms with E-state index in [9.17, 15) is 4.79 Å². The molecule has 0 radical (unpaired) electrons. The molecule has 3 rings (SSSR count). The molecule has 2 aliphatic heterocycles. The molecule has 1 amide bonds. The molecule has 2 aliphatic rings. The highest BCUT2D eigenvalue weighted by Crippen LogP contribution is 2.20. The van der Waals surface area contributed by atoms with E-state index < -0.39 is 0 Å². The van der Waals surface area contributed by atoms with E-state index in [-0.39, 0.29) is 11.8 Å². The number of rotatable bonds is 7. The van der Waals surface area contributed by atoms with Gasteiger partial charge in [-0.3, -0.25) is 9.69 Å². The third kappa shape index (κ3) is 6.26. The maximum absolute atomic E-state index is 12.4. The molecular formula is C21H32ClN3O. The van der Waals surface area contributed by atoms with Gasteiger partial charge in [-0.2, -0.15) is 0 Å². The molecule has 0 aliphatic carbocycles. The summed E-state index contributed by atoms with van der Waals surface area (Å²) < 4.78 is 0. The average Bonchev–Trinajstić information content (AvgIpc) is 2.68. The summed E-state index contributed by atoms with van der Waals surface area (Å²) in [5, 5.41) is 3.95. The summed E-state index contributed by atoms with van der Waals surface area (Å²) in [6.45, 7) is 7.35. The molecule has 1 aromatic carbocycles. The van der Waals surface area contributed by atoms with E-state index in [4.69, 9.17) is 11.6 Å². The Balaban J connectivity index is 1.29. The number of nitrogens with one attached hydrogen (secondary N) is 1. The van der Waals surface area contributed by atoms with Crippen LogP contribution in [0.2, 0.25) is 5.02 Å². The molecular weight excluding hydrogens is 346 g/mol. The molecule has 0 atom stereocenters. The number of piperidine rings is 2. The molecule has 0 spiro atoms. The number of halogens is 1. The topological polar surface area (TPSA) is 35.6 Å². The summed E-state index contributed by atoms with van der Waals surface area (Å²) in [7, 11) is 0. The second-order valence-electron chi connectivity index (χ2n) is 7.72. The van der Waals surface area contributed by atoms with E-state index in [1.165, 1.54) is 37.9 Å². The number of carbonyl (C=O) groups is 1. The maximum Gasteiger partial charge on any atom is 0.223 e. The van der Waals surface area contributed by atoms with Gasteiger partial charge in [0, 0.05) is 24.0 Å². The Morgan fingerprint density at radius 2 is 1.69 bits per heavy atom. The molecule has 1 N–H and O–H groups in total. The Labute approximate surface area is 162 Å². The molecule has 144 valence electrons. The molecule has 4 nitrogen and oxygen atoms in total. The maximum atomic E-state index is 12.4. The number of likely N-dealkylation sites (tertiary alicyclic amines) is 2. The number of amides is 1. The quantitative estimate of drug-likeness (QED) is 0.738. The molecule has 0 saturated carbocycles. The summed E-state index contributed by atoms with van der Waals surface area (Å²) in [6.07, 6.45) is 7.05. The summed E-state index contributed by atoms with van der Waals surface area (Å²) in [5.41, 5.74) is 1.29. The minimum absolute atomic E-state index is 0.187. The van der Waals surface area contributed by atoms with Gasteiger partial charge in [-0.05, 0) is 82.5 Å². The zero-order valence-electron chi connectivity index (χ0n) is 15.8. The van der Waals surface area contributed by atoms with Crippen molar-refractivity contribution in [1.82, 2.24) is 15.1 Å². The van der Waals surface area contributed by atoms with E-state index >= 15 is 0 Å². The Morgan fingerprint density at radius 3 is 2.38 bits per heavy atom. The van der Waals surface area contributed by atoms with Crippen molar-refractivity contribution in [2.45, 2.75) is 45.1 Å². The minimum atomic E-state index is 0.187. The number of benzene rings is 1. The molecule has 0 bridgehead atoms. The van der Waals surface area contributed by atoms with Gasteiger partial charge in [-0.15, -0.1) is 0 Å². The smallest absolute Gasteiger partial charge is 0.223 e. The van der Waals surface area contributed by atoms with Crippen molar-refractivity contribution >= 4 is 17.5 Å². The first-order valence-electron chi connectivity index (χ1n) is 10.2. The SMILES string of the molecule is O=C(NCCCN1CCCCC1)C1CCN(Cc2ccc(Cl)cc2)CC1. The zero-order chi connectivity index (χ0) is 18.2. The zero-order valence-corrected chi connectivity index (χ0v) is 16.5. The van der Waals surface area contributed by atoms with Crippen molar-refractivity contribution in [3.63, 3.8) is 0 Å². The van der Waals surface area contributed by atoms with Crippen molar-refractivity contribution in [1.29, 1.82) is 0 Å². The van der Waals surface area contributed by atoms with Crippen LogP contribution in [0, 0.1) is 5.92 Å². The third-order valence-electron chi connectivity index (χ3n) is 5.68. The number of hydrogen-bond acceptors (Lipinski definition) is 3. The van der Waals surface area contributed by atoms with Gasteiger partial charge >= 0.3 is 0 Å². The molecule has 2 fully saturated rings. The van der Waals surface area contributed by atoms with Crippen LogP contribution in [0.4, 0.5) is 0 Å². The highest BCUT2D eigenvalue weighted by Gasteiger charge is 2.24. The van der Waals surface area contributed by atoms with Gasteiger partial charge in [0.05, 0.1) is 0 Å². The van der Waals surface area contributed by atoms with Gasteiger partial charge in [-0.25, -0.2) is 0 Å². The van der Waals surface area contributed by atoms with Crippen LogP contribution in [0.1, 0.15) is 44.1 Å². The summed E-state index contributed by atoms with van der Waals surface area (Å²) in [6, 6.07) is 8.06. The molecule has 5 heteroatoms. The summed E-state index contributed by atoms with van der Waals surface area (Å²) in [4.78, 5) is 17.4. The largest absolute Gasteiger partial charge is 0.356 e. The van der Waals surface area contributed by atoms with Crippen LogP contribution in [0.25, 0.3) is 0 Å². The number of hydrogen-bond donors (Lipinski definition) is 1. The van der Waals surface area contributed by atoms with Gasteiger partial charge in [0.15, 0.2) is 0 Å². The summed E-state index contributed by atoms with van der Waals surface area (Å²) >= 11 is 5.94. The van der Waals surface area contributed by atoms with Crippen molar-refractivity contribution in [2.24, 2.45) is 5.92 Å². The van der Waals surface area contributed by atoms with Crippen molar-refractivity contribution in [2.75, 3.05) is 39.3 Å². The van der Waals surface area contributed by atoms with Crippen LogP contribution in [-0.4, -0.2) is 55.0 Å². The third-order valence-corrected chi connectivity index (χ3v) is 5.93. The lowest BCUT2D eigenvalue weighted by atomic mass is 9.95. The first kappa shape index (κ1) is 19.7. The molecule has 26 heavy (non-hydrogen) atoms. The van der Waals surface area contributed by atoms with Crippen LogP contribution >= 0.6 is 11.6 Å². The lowest BCUT2D eigenvalue weighted by Gasteiger charge is -2.31. The van der Waals surface area contributed by atoms with Crippen LogP contribution in [-0.2, 0) is 11.3 Å². The normalized spacial score (nSPS) is 20.2. The van der Waals surface area contributed by atoms with E-state index in [0.29, 0.717) is 0 Å². The van der Waals surface area contributed by atoms with Crippen LogP contribution in [0.15, 0.2) is 24.3 Å². The number of nitrogens with zero attached hydrogens (tertiary/aromatic N) is 2. The Bertz CT molecular complexity index is 549. The number of carbonyl (C=O) groups excluding carboxylic acids is 1. The van der Waals surface area contributed by atoms with Crippen LogP contribution in [0.3, 0.4) is 0 Å². The van der Waals surface area contributed by atoms with Crippen molar-refractivity contribution < 1.29 is 4.79 Å². The summed E-state index contributed by atoms with van der Waals surface area (Å²) in [5.74, 6) is 0.446. The second kappa shape index (κ2) is 10.3. The lowest BCUT2D eigenvalue weighted by molar-refractivity contribution is -0.126. The fourth-order valence-electron chi connectivity index (χ4n) is 4.04.